The van der Waals surface area contributed by atoms with Crippen molar-refractivity contribution in [3.8, 4) is 73.2 Å². The van der Waals surface area contributed by atoms with Crippen molar-refractivity contribution >= 4 is 21.8 Å². The average molecular weight is 993 g/mol. The van der Waals surface area contributed by atoms with Crippen LogP contribution in [0.15, 0.2) is 176 Å². The quantitative estimate of drug-likeness (QED) is 0.149. The van der Waals surface area contributed by atoms with Crippen molar-refractivity contribution in [2.45, 2.75) is 24.7 Å². The first-order chi connectivity index (χ1) is 34.1. The Morgan fingerprint density at radius 3 is 1.17 bits per heavy atom. The van der Waals surface area contributed by atoms with E-state index in [1.54, 1.807) is 78.9 Å². The second-order valence-electron chi connectivity index (χ2n) is 16.6. The lowest BCUT2D eigenvalue weighted by Crippen LogP contribution is -2.12. The summed E-state index contributed by atoms with van der Waals surface area (Å²) in [6, 6.07) is 38.1. The maximum Gasteiger partial charge on any atom is 0.417 e. The van der Waals surface area contributed by atoms with Gasteiger partial charge < -0.3 is 4.57 Å². The number of rotatable bonds is 7. The maximum absolute atomic E-state index is 15.7. The van der Waals surface area contributed by atoms with E-state index in [0.717, 1.165) is 0 Å². The highest BCUT2D eigenvalue weighted by atomic mass is 19.4. The van der Waals surface area contributed by atoms with Gasteiger partial charge in [0.15, 0.2) is 17.5 Å². The molecule has 0 radical (unpaired) electrons. The minimum Gasteiger partial charge on any atom is -0.308 e. The highest BCUT2D eigenvalue weighted by Gasteiger charge is 2.40. The predicted octanol–water partition coefficient (Wildman–Crippen LogP) is 17.2. The highest BCUT2D eigenvalue weighted by Crippen LogP contribution is 2.46. The molecule has 0 spiro atoms. The number of hydrogen-bond donors (Lipinski definition) is 0. The smallest absolute Gasteiger partial charge is 0.308 e. The van der Waals surface area contributed by atoms with E-state index in [1.165, 1.54) is 65.2 Å². The molecule has 10 rings (SSSR count). The van der Waals surface area contributed by atoms with Crippen LogP contribution in [0.3, 0.4) is 0 Å². The Hall–Kier alpha value is -8.34. The molecule has 0 saturated carbocycles. The van der Waals surface area contributed by atoms with Crippen LogP contribution >= 0.6 is 0 Å². The number of aromatic nitrogens is 4. The molecule has 0 N–H and O–H groups in total. The van der Waals surface area contributed by atoms with Gasteiger partial charge in [0.1, 0.15) is 5.82 Å². The Morgan fingerprint density at radius 2 is 0.722 bits per heavy atom. The van der Waals surface area contributed by atoms with Gasteiger partial charge in [-0.2, -0.15) is 52.7 Å². The molecule has 0 saturated heterocycles. The molecule has 4 nitrogen and oxygen atoms in total. The molecule has 0 bridgehead atoms. The van der Waals surface area contributed by atoms with Gasteiger partial charge in [-0.05, 0) is 82.4 Å². The molecule has 0 amide bonds. The molecule has 0 aliphatic heterocycles. The van der Waals surface area contributed by atoms with Crippen LogP contribution in [0.4, 0.5) is 57.1 Å². The summed E-state index contributed by atoms with van der Waals surface area (Å²) in [4.78, 5) is 14.5. The lowest BCUT2D eigenvalue weighted by molar-refractivity contribution is -0.144. The number of alkyl halides is 12. The topological polar surface area (TPSA) is 43.6 Å². The van der Waals surface area contributed by atoms with E-state index in [2.05, 4.69) is 0 Å². The van der Waals surface area contributed by atoms with Crippen LogP contribution in [-0.4, -0.2) is 19.5 Å². The molecular weight excluding hydrogens is 964 g/mol. The Kier molecular flexibility index (Phi) is 11.5. The number of halogens is 13. The van der Waals surface area contributed by atoms with E-state index in [-0.39, 0.29) is 84.9 Å². The average Bonchev–Trinajstić information content (AvgIpc) is 3.68. The van der Waals surface area contributed by atoms with E-state index in [1.807, 2.05) is 0 Å². The second-order valence-corrected chi connectivity index (χ2v) is 16.6. The van der Waals surface area contributed by atoms with Crippen LogP contribution in [-0.2, 0) is 24.7 Å². The van der Waals surface area contributed by atoms with E-state index in [0.29, 0.717) is 35.4 Å². The van der Waals surface area contributed by atoms with Crippen molar-refractivity contribution in [1.29, 1.82) is 0 Å². The molecular formula is C55H29F13N4. The van der Waals surface area contributed by atoms with Gasteiger partial charge in [-0.3, -0.25) is 0 Å². The van der Waals surface area contributed by atoms with Crippen molar-refractivity contribution in [1.82, 2.24) is 19.5 Å². The van der Waals surface area contributed by atoms with Crippen LogP contribution in [0.1, 0.15) is 22.3 Å². The molecule has 10 aromatic rings. The summed E-state index contributed by atoms with van der Waals surface area (Å²) < 4.78 is 189. The third-order valence-electron chi connectivity index (χ3n) is 12.1. The van der Waals surface area contributed by atoms with E-state index < -0.39 is 63.9 Å². The fourth-order valence-corrected chi connectivity index (χ4v) is 8.72. The number of hydrogen-bond acceptors (Lipinski definition) is 3. The van der Waals surface area contributed by atoms with Crippen LogP contribution in [0.2, 0.25) is 0 Å². The number of benzene rings is 8. The molecule has 72 heavy (non-hydrogen) atoms. The fourth-order valence-electron chi connectivity index (χ4n) is 8.72. The van der Waals surface area contributed by atoms with Crippen molar-refractivity contribution in [3.63, 3.8) is 0 Å². The summed E-state index contributed by atoms with van der Waals surface area (Å²) in [7, 11) is 0. The molecule has 2 heterocycles. The molecule has 0 fully saturated rings. The summed E-state index contributed by atoms with van der Waals surface area (Å²) in [6.07, 6.45) is -20.9. The van der Waals surface area contributed by atoms with Gasteiger partial charge in [-0.15, -0.1) is 0 Å². The van der Waals surface area contributed by atoms with Gasteiger partial charge in [0.2, 0.25) is 0 Å². The van der Waals surface area contributed by atoms with Gasteiger partial charge in [-0.1, -0.05) is 121 Å². The lowest BCUT2D eigenvalue weighted by Gasteiger charge is -2.19. The first-order valence-corrected chi connectivity index (χ1v) is 21.6. The molecule has 0 atom stereocenters. The summed E-state index contributed by atoms with van der Waals surface area (Å²) >= 11 is 0. The van der Waals surface area contributed by atoms with Crippen molar-refractivity contribution in [2.24, 2.45) is 0 Å². The minimum absolute atomic E-state index is 0.00398. The van der Waals surface area contributed by atoms with Crippen LogP contribution in [0.25, 0.3) is 95.0 Å². The largest absolute Gasteiger partial charge is 0.417 e. The first kappa shape index (κ1) is 47.3. The summed E-state index contributed by atoms with van der Waals surface area (Å²) in [5.74, 6) is -0.271. The van der Waals surface area contributed by atoms with Gasteiger partial charge in [0.25, 0.3) is 0 Å². The van der Waals surface area contributed by atoms with Crippen LogP contribution in [0.5, 0.6) is 0 Å². The van der Waals surface area contributed by atoms with Gasteiger partial charge in [-0.25, -0.2) is 19.3 Å². The summed E-state index contributed by atoms with van der Waals surface area (Å²) in [5.41, 5.74) is -6.26. The standard InChI is InChI=1S/C55H29F13N4/c56-45-14-8-7-13-39(45)34-17-22-42(51-70-49(30-9-3-1-4-10-30)69-50(71-51)31-11-5-2-6-12-31)48(27-34)72-46-25-32(37-23-18-35(52(57,58)59)28-43(37)54(63,64)65)15-20-40(46)41-21-16-33(26-47(41)72)38-24-19-36(53(60,61)62)29-44(38)55(66,67)68/h1-29H. The van der Waals surface area contributed by atoms with Gasteiger partial charge in [0.05, 0.1) is 39.0 Å². The lowest BCUT2D eigenvalue weighted by atomic mass is 9.95. The molecule has 17 heteroatoms. The van der Waals surface area contributed by atoms with Crippen LogP contribution in [0, 0.1) is 5.82 Å². The molecule has 0 aliphatic rings. The fraction of sp³-hybridized carbons (Fsp3) is 0.0727. The van der Waals surface area contributed by atoms with Crippen molar-refractivity contribution < 1.29 is 57.1 Å². The Morgan fingerprint density at radius 1 is 0.319 bits per heavy atom. The molecule has 360 valence electrons. The third-order valence-corrected chi connectivity index (χ3v) is 12.1. The molecule has 2 aromatic heterocycles. The van der Waals surface area contributed by atoms with Gasteiger partial charge in [0, 0.05) is 33.0 Å². The summed E-state index contributed by atoms with van der Waals surface area (Å²) in [5, 5.41) is 0.550. The molecule has 0 aliphatic carbocycles. The first-order valence-electron chi connectivity index (χ1n) is 21.6. The molecule has 0 unspecified atom stereocenters. The number of nitrogens with zero attached hydrogens (tertiary/aromatic N) is 4. The zero-order chi connectivity index (χ0) is 50.9. The SMILES string of the molecule is Fc1ccccc1-c1ccc(-c2nc(-c3ccccc3)nc(-c3ccccc3)n2)c(-n2c3cc(-c4ccc(C(F)(F)F)cc4C(F)(F)F)ccc3c3ccc(-c4ccc(C(F)(F)F)cc4C(F)(F)F)cc32)c1. The van der Waals surface area contributed by atoms with E-state index in [4.69, 9.17) is 15.0 Å². The van der Waals surface area contributed by atoms with Crippen molar-refractivity contribution in [2.75, 3.05) is 0 Å². The van der Waals surface area contributed by atoms with Crippen molar-refractivity contribution in [3.05, 3.63) is 204 Å². The minimum atomic E-state index is -5.29. The number of fused-ring (bicyclic) bond motifs is 3. The van der Waals surface area contributed by atoms with Crippen LogP contribution < -0.4 is 0 Å². The maximum atomic E-state index is 15.7. The monoisotopic (exact) mass is 992 g/mol. The highest BCUT2D eigenvalue weighted by molar-refractivity contribution is 6.12. The van der Waals surface area contributed by atoms with Gasteiger partial charge >= 0.3 is 24.7 Å². The van der Waals surface area contributed by atoms with E-state index in [9.17, 15) is 52.7 Å². The third kappa shape index (κ3) is 8.90. The predicted molar refractivity (Wildman–Crippen MR) is 247 cm³/mol. The Balaban J connectivity index is 1.33. The zero-order valence-corrected chi connectivity index (χ0v) is 36.4. The Labute approximate surface area is 399 Å². The normalized spacial score (nSPS) is 12.5. The zero-order valence-electron chi connectivity index (χ0n) is 36.4. The molecule has 8 aromatic carbocycles. The second kappa shape index (κ2) is 17.5. The Bertz CT molecular complexity index is 3520. The van der Waals surface area contributed by atoms with E-state index >= 15 is 4.39 Å². The summed E-state index contributed by atoms with van der Waals surface area (Å²) in [6.45, 7) is 0.